The third-order valence-corrected chi connectivity index (χ3v) is 5.31. The maximum absolute atomic E-state index is 5.61. The van der Waals surface area contributed by atoms with E-state index in [1.165, 1.54) is 27.7 Å². The second-order valence-corrected chi connectivity index (χ2v) is 6.92. The number of hydrogen-bond acceptors (Lipinski definition) is 3. The molecule has 0 spiro atoms. The highest BCUT2D eigenvalue weighted by Crippen LogP contribution is 2.50. The Kier molecular flexibility index (Phi) is 4.23. The van der Waals surface area contributed by atoms with Gasteiger partial charge >= 0.3 is 0 Å². The molecule has 0 saturated heterocycles. The van der Waals surface area contributed by atoms with Gasteiger partial charge in [-0.2, -0.15) is 5.10 Å². The van der Waals surface area contributed by atoms with E-state index in [0.29, 0.717) is 5.92 Å². The maximum atomic E-state index is 5.61. The molecule has 0 unspecified atom stereocenters. The van der Waals surface area contributed by atoms with E-state index in [-0.39, 0.29) is 0 Å². The number of fused-ring (bicyclic) bond motifs is 3. The SMILES string of the molecule is Bc1cccc(Nc2[nH]nc3c2[C@@H](CC)c2cc(CC)c(OC)cc2-3)c1. The molecule has 0 saturated carbocycles. The van der Waals surface area contributed by atoms with Crippen molar-refractivity contribution in [2.24, 2.45) is 0 Å². The van der Waals surface area contributed by atoms with E-state index in [0.717, 1.165) is 35.8 Å². The fourth-order valence-corrected chi connectivity index (χ4v) is 4.04. The van der Waals surface area contributed by atoms with Crippen LogP contribution in [0.1, 0.15) is 42.9 Å². The Morgan fingerprint density at radius 3 is 2.77 bits per heavy atom. The molecule has 0 radical (unpaired) electrons. The molecule has 132 valence electrons. The third-order valence-electron chi connectivity index (χ3n) is 5.31. The number of methoxy groups -OCH3 is 1. The predicted octanol–water partition coefficient (Wildman–Crippen LogP) is 3.51. The highest BCUT2D eigenvalue weighted by molar-refractivity contribution is 6.32. The summed E-state index contributed by atoms with van der Waals surface area (Å²) in [7, 11) is 3.84. The summed E-state index contributed by atoms with van der Waals surface area (Å²) in [4.78, 5) is 0. The summed E-state index contributed by atoms with van der Waals surface area (Å²) in [5.74, 6) is 2.29. The minimum Gasteiger partial charge on any atom is -0.496 e. The number of anilines is 2. The summed E-state index contributed by atoms with van der Waals surface area (Å²) in [6.45, 7) is 4.41. The Morgan fingerprint density at radius 2 is 2.08 bits per heavy atom. The van der Waals surface area contributed by atoms with Crippen LogP contribution in [0.15, 0.2) is 36.4 Å². The van der Waals surface area contributed by atoms with Crippen molar-refractivity contribution >= 4 is 24.8 Å². The quantitative estimate of drug-likeness (QED) is 0.696. The van der Waals surface area contributed by atoms with Gasteiger partial charge in [0.25, 0.3) is 0 Å². The average Bonchev–Trinajstić information content (AvgIpc) is 3.18. The van der Waals surface area contributed by atoms with Gasteiger partial charge in [-0.3, -0.25) is 5.10 Å². The molecule has 5 heteroatoms. The maximum Gasteiger partial charge on any atom is 0.139 e. The highest BCUT2D eigenvalue weighted by atomic mass is 16.5. The van der Waals surface area contributed by atoms with E-state index >= 15 is 0 Å². The van der Waals surface area contributed by atoms with Gasteiger partial charge in [-0.05, 0) is 42.2 Å². The lowest BCUT2D eigenvalue weighted by Gasteiger charge is -2.15. The molecule has 1 heterocycles. The molecule has 1 atom stereocenters. The van der Waals surface area contributed by atoms with Crippen LogP contribution >= 0.6 is 0 Å². The molecular weight excluding hydrogens is 321 g/mol. The number of hydrogen-bond donors (Lipinski definition) is 2. The molecule has 26 heavy (non-hydrogen) atoms. The van der Waals surface area contributed by atoms with Crippen LogP contribution in [0, 0.1) is 0 Å². The molecule has 2 N–H and O–H groups in total. The molecule has 3 aromatic rings. The van der Waals surface area contributed by atoms with E-state index in [2.05, 4.69) is 73.6 Å². The lowest BCUT2D eigenvalue weighted by atomic mass is 9.92. The number of rotatable bonds is 5. The van der Waals surface area contributed by atoms with Crippen molar-refractivity contribution < 1.29 is 4.74 Å². The second-order valence-electron chi connectivity index (χ2n) is 6.92. The Hall–Kier alpha value is -2.69. The van der Waals surface area contributed by atoms with Crippen molar-refractivity contribution in [3.63, 3.8) is 0 Å². The molecule has 1 aromatic heterocycles. The summed E-state index contributed by atoms with van der Waals surface area (Å²) in [6, 6.07) is 12.9. The molecule has 4 rings (SSSR count). The van der Waals surface area contributed by atoms with Crippen molar-refractivity contribution in [1.29, 1.82) is 0 Å². The number of aryl methyl sites for hydroxylation is 1. The Bertz CT molecular complexity index is 964. The van der Waals surface area contributed by atoms with E-state index in [1.807, 2.05) is 0 Å². The third kappa shape index (κ3) is 2.59. The van der Waals surface area contributed by atoms with Crippen molar-refractivity contribution in [3.8, 4) is 17.0 Å². The summed E-state index contributed by atoms with van der Waals surface area (Å²) in [6.07, 6.45) is 2.00. The number of H-pyrrole nitrogens is 1. The smallest absolute Gasteiger partial charge is 0.139 e. The number of nitrogens with zero attached hydrogens (tertiary/aromatic N) is 1. The van der Waals surface area contributed by atoms with Gasteiger partial charge in [-0.25, -0.2) is 0 Å². The van der Waals surface area contributed by atoms with E-state index in [4.69, 9.17) is 4.74 Å². The number of benzene rings is 2. The van der Waals surface area contributed by atoms with Crippen LogP contribution in [0.4, 0.5) is 11.5 Å². The van der Waals surface area contributed by atoms with Crippen LogP contribution in [0.5, 0.6) is 5.75 Å². The van der Waals surface area contributed by atoms with Crippen molar-refractivity contribution in [3.05, 3.63) is 53.1 Å². The summed E-state index contributed by atoms with van der Waals surface area (Å²) >= 11 is 0. The normalized spacial score (nSPS) is 14.8. The molecular formula is C21H24BN3O. The van der Waals surface area contributed by atoms with Gasteiger partial charge in [0.1, 0.15) is 19.4 Å². The van der Waals surface area contributed by atoms with Gasteiger partial charge in [-0.1, -0.05) is 37.5 Å². The van der Waals surface area contributed by atoms with Gasteiger partial charge in [0.2, 0.25) is 0 Å². The first-order chi connectivity index (χ1) is 12.7. The minimum absolute atomic E-state index is 0.349. The lowest BCUT2D eigenvalue weighted by molar-refractivity contribution is 0.410. The number of aromatic amines is 1. The molecule has 0 bridgehead atoms. The predicted molar refractivity (Wildman–Crippen MR) is 110 cm³/mol. The van der Waals surface area contributed by atoms with Crippen molar-refractivity contribution in [2.75, 3.05) is 12.4 Å². The highest BCUT2D eigenvalue weighted by Gasteiger charge is 2.34. The van der Waals surface area contributed by atoms with E-state index < -0.39 is 0 Å². The number of nitrogens with one attached hydrogen (secondary N) is 2. The van der Waals surface area contributed by atoms with Gasteiger partial charge < -0.3 is 10.1 Å². The first-order valence-corrected chi connectivity index (χ1v) is 9.29. The summed E-state index contributed by atoms with van der Waals surface area (Å²) in [5.41, 5.74) is 8.43. The Labute approximate surface area is 155 Å². The largest absolute Gasteiger partial charge is 0.496 e. The zero-order valence-corrected chi connectivity index (χ0v) is 15.8. The summed E-state index contributed by atoms with van der Waals surface area (Å²) < 4.78 is 5.61. The topological polar surface area (TPSA) is 49.9 Å². The molecule has 4 nitrogen and oxygen atoms in total. The molecule has 0 aliphatic heterocycles. The average molecular weight is 345 g/mol. The van der Waals surface area contributed by atoms with Crippen LogP contribution < -0.4 is 15.5 Å². The standard InChI is InChI=1S/C21H24BN3O/c1-4-12-9-16-15(5-2)19-20(17(16)11-18(12)26-3)24-25-21(19)23-14-8-6-7-13(22)10-14/h6-11,15H,4-5,22H2,1-3H3,(H2,23,24,25)/t15-/m0/s1. The molecule has 1 aliphatic rings. The zero-order chi connectivity index (χ0) is 18.3. The fourth-order valence-electron chi connectivity index (χ4n) is 4.04. The van der Waals surface area contributed by atoms with E-state index in [9.17, 15) is 0 Å². The molecule has 0 fully saturated rings. The van der Waals surface area contributed by atoms with E-state index in [1.54, 1.807) is 7.11 Å². The van der Waals surface area contributed by atoms with Crippen LogP contribution in [0.25, 0.3) is 11.3 Å². The van der Waals surface area contributed by atoms with Crippen molar-refractivity contribution in [1.82, 2.24) is 10.2 Å². The first kappa shape index (κ1) is 16.8. The first-order valence-electron chi connectivity index (χ1n) is 9.29. The van der Waals surface area contributed by atoms with Crippen LogP contribution in [0.3, 0.4) is 0 Å². The molecule has 2 aromatic carbocycles. The zero-order valence-electron chi connectivity index (χ0n) is 15.8. The van der Waals surface area contributed by atoms with Gasteiger partial charge in [-0.15, -0.1) is 0 Å². The second kappa shape index (κ2) is 6.56. The lowest BCUT2D eigenvalue weighted by Crippen LogP contribution is -2.04. The Morgan fingerprint density at radius 1 is 1.23 bits per heavy atom. The fraction of sp³-hybridized carbons (Fsp3) is 0.286. The van der Waals surface area contributed by atoms with Crippen molar-refractivity contribution in [2.45, 2.75) is 32.6 Å². The van der Waals surface area contributed by atoms with Gasteiger partial charge in [0.15, 0.2) is 0 Å². The number of aromatic nitrogens is 2. The molecule has 1 aliphatic carbocycles. The number of ether oxygens (including phenoxy) is 1. The van der Waals surface area contributed by atoms with Gasteiger partial charge in [0.05, 0.1) is 12.8 Å². The minimum atomic E-state index is 0.349. The van der Waals surface area contributed by atoms with Gasteiger partial charge in [0, 0.05) is 22.7 Å². The summed E-state index contributed by atoms with van der Waals surface area (Å²) in [5, 5.41) is 11.4. The molecule has 0 amide bonds. The van der Waals surface area contributed by atoms with Crippen LogP contribution in [-0.2, 0) is 6.42 Å². The monoisotopic (exact) mass is 345 g/mol. The van der Waals surface area contributed by atoms with Crippen LogP contribution in [-0.4, -0.2) is 25.2 Å². The van der Waals surface area contributed by atoms with Crippen LogP contribution in [0.2, 0.25) is 0 Å². The Balaban J connectivity index is 1.80.